The van der Waals surface area contributed by atoms with Crippen molar-refractivity contribution in [1.29, 1.82) is 0 Å². The van der Waals surface area contributed by atoms with Gasteiger partial charge in [-0.05, 0) is 36.8 Å². The van der Waals surface area contributed by atoms with Crippen LogP contribution in [-0.4, -0.2) is 74.8 Å². The number of aliphatic hydroxyl groups excluding tert-OH is 1. The first-order valence-corrected chi connectivity index (χ1v) is 14.2. The van der Waals surface area contributed by atoms with E-state index in [1.54, 1.807) is 0 Å². The molecule has 0 spiro atoms. The first kappa shape index (κ1) is 32.8. The van der Waals surface area contributed by atoms with Crippen molar-refractivity contribution in [2.45, 2.75) is 102 Å². The predicted molar refractivity (Wildman–Crippen MR) is 147 cm³/mol. The molecule has 1 aromatic rings. The van der Waals surface area contributed by atoms with Gasteiger partial charge in [0.05, 0.1) is 12.7 Å². The number of amides is 1. The van der Waals surface area contributed by atoms with Gasteiger partial charge in [-0.15, -0.1) is 0 Å². The predicted octanol–water partition coefficient (Wildman–Crippen LogP) is 5.26. The van der Waals surface area contributed by atoms with E-state index in [9.17, 15) is 9.90 Å². The number of rotatable bonds is 20. The topological polar surface area (TPSA) is 144 Å². The Morgan fingerprint density at radius 2 is 1.74 bits per heavy atom. The molecule has 5 atom stereocenters. The lowest BCUT2D eigenvalue weighted by molar-refractivity contribution is -0.274. The highest BCUT2D eigenvalue weighted by molar-refractivity contribution is 5.67. The van der Waals surface area contributed by atoms with E-state index in [1.165, 1.54) is 0 Å². The smallest absolute Gasteiger partial charge is 0.407 e. The van der Waals surface area contributed by atoms with Gasteiger partial charge in [-0.1, -0.05) is 75.0 Å². The Hall–Kier alpha value is -2.40. The maximum absolute atomic E-state index is 11.8. The Kier molecular flexibility index (Phi) is 17.2. The van der Waals surface area contributed by atoms with Crippen molar-refractivity contribution in [1.82, 2.24) is 5.32 Å². The maximum Gasteiger partial charge on any atom is 0.407 e. The minimum atomic E-state index is -0.995. The molecule has 1 fully saturated rings. The number of aliphatic hydroxyl groups is 1. The van der Waals surface area contributed by atoms with Crippen LogP contribution >= 0.6 is 0 Å². The Labute approximate surface area is 232 Å². The van der Waals surface area contributed by atoms with Crippen molar-refractivity contribution in [2.75, 3.05) is 33.0 Å². The molecule has 11 heteroatoms. The third-order valence-electron chi connectivity index (χ3n) is 6.39. The molecular formula is C28H46N4O7. The van der Waals surface area contributed by atoms with Gasteiger partial charge >= 0.3 is 6.09 Å². The number of hydrogen-bond donors (Lipinski definition) is 2. The van der Waals surface area contributed by atoms with Gasteiger partial charge in [0, 0.05) is 31.3 Å². The maximum atomic E-state index is 11.8. The number of nitrogens with zero attached hydrogens (tertiary/aromatic N) is 3. The number of hydrogen-bond acceptors (Lipinski definition) is 8. The molecule has 11 nitrogen and oxygen atoms in total. The fourth-order valence-electron chi connectivity index (χ4n) is 4.11. The van der Waals surface area contributed by atoms with Crippen molar-refractivity contribution in [3.63, 3.8) is 0 Å². The zero-order valence-electron chi connectivity index (χ0n) is 23.4. The number of azide groups is 1. The number of carbonyl (C=O) groups excluding carboxylic acids is 1. The van der Waals surface area contributed by atoms with E-state index in [1.807, 2.05) is 30.3 Å². The lowest BCUT2D eigenvalue weighted by atomic mass is 9.97. The standard InChI is InChI=1S/C28H46N4O7/c1-3-5-17-35-21-23-25(33)26(36-18-6-4-2)24(31-32-29)27(39-23)37-19-13-8-7-12-16-30-28(34)38-20-22-14-10-9-11-15-22/h9-11,14-15,23-27,33H,3-8,12-13,16-21H2,1-2H3,(H,30,34)/t23?,24?,25-,26-,27+/m1/s1. The molecule has 1 amide bonds. The highest BCUT2D eigenvalue weighted by Gasteiger charge is 2.46. The summed E-state index contributed by atoms with van der Waals surface area (Å²) in [4.78, 5) is 14.8. The second kappa shape index (κ2) is 20.5. The molecule has 1 saturated heterocycles. The molecular weight excluding hydrogens is 504 g/mol. The molecule has 2 N–H and O–H groups in total. The van der Waals surface area contributed by atoms with Crippen molar-refractivity contribution in [3.05, 3.63) is 46.3 Å². The SMILES string of the molecule is CCCCOCC1O[C@H](OCCCCCCNC(=O)OCc2ccccc2)C(N=[N+]=[N-])[C@@H](OCCCC)[C@@H]1O. The zero-order chi connectivity index (χ0) is 28.1. The monoisotopic (exact) mass is 550 g/mol. The largest absolute Gasteiger partial charge is 0.445 e. The molecule has 2 rings (SSSR count). The van der Waals surface area contributed by atoms with Crippen LogP contribution in [0.25, 0.3) is 10.4 Å². The molecule has 2 unspecified atom stereocenters. The van der Waals surface area contributed by atoms with Crippen LogP contribution in [0.2, 0.25) is 0 Å². The first-order chi connectivity index (χ1) is 19.1. The molecule has 1 aliphatic rings. The van der Waals surface area contributed by atoms with Crippen molar-refractivity contribution < 1.29 is 33.6 Å². The third-order valence-corrected chi connectivity index (χ3v) is 6.39. The summed E-state index contributed by atoms with van der Waals surface area (Å²) in [5.41, 5.74) is 10.1. The van der Waals surface area contributed by atoms with E-state index in [0.29, 0.717) is 26.4 Å². The summed E-state index contributed by atoms with van der Waals surface area (Å²) in [7, 11) is 0. The second-order valence-corrected chi connectivity index (χ2v) is 9.62. The third kappa shape index (κ3) is 13.0. The minimum absolute atomic E-state index is 0.207. The molecule has 0 saturated carbocycles. The average Bonchev–Trinajstić information content (AvgIpc) is 2.95. The molecule has 0 bridgehead atoms. The van der Waals surface area contributed by atoms with Crippen LogP contribution in [0.4, 0.5) is 4.79 Å². The Morgan fingerprint density at radius 1 is 1.03 bits per heavy atom. The van der Waals surface area contributed by atoms with Gasteiger partial charge in [-0.3, -0.25) is 0 Å². The molecule has 1 heterocycles. The Bertz CT molecular complexity index is 825. The quantitative estimate of drug-likeness (QED) is 0.0975. The molecule has 0 aromatic heterocycles. The highest BCUT2D eigenvalue weighted by atomic mass is 16.7. The zero-order valence-corrected chi connectivity index (χ0v) is 23.4. The fraction of sp³-hybridized carbons (Fsp3) is 0.750. The van der Waals surface area contributed by atoms with Crippen molar-refractivity contribution >= 4 is 6.09 Å². The van der Waals surface area contributed by atoms with Crippen molar-refractivity contribution in [2.24, 2.45) is 5.11 Å². The van der Waals surface area contributed by atoms with E-state index < -0.39 is 36.7 Å². The molecule has 1 aliphatic heterocycles. The Balaban J connectivity index is 1.72. The number of alkyl carbamates (subject to hydrolysis) is 1. The summed E-state index contributed by atoms with van der Waals surface area (Å²) in [6.07, 6.45) is 3.45. The van der Waals surface area contributed by atoms with Gasteiger partial charge in [-0.2, -0.15) is 0 Å². The number of ether oxygens (including phenoxy) is 5. The van der Waals surface area contributed by atoms with E-state index in [4.69, 9.17) is 29.2 Å². The van der Waals surface area contributed by atoms with Crippen LogP contribution < -0.4 is 5.32 Å². The summed E-state index contributed by atoms with van der Waals surface area (Å²) in [6, 6.07) is 8.74. The number of unbranched alkanes of at least 4 members (excludes halogenated alkanes) is 5. The number of nitrogens with one attached hydrogen (secondary N) is 1. The average molecular weight is 551 g/mol. The number of benzene rings is 1. The first-order valence-electron chi connectivity index (χ1n) is 14.2. The molecule has 220 valence electrons. The normalized spacial score (nSPS) is 22.7. The summed E-state index contributed by atoms with van der Waals surface area (Å²) < 4.78 is 28.8. The van der Waals surface area contributed by atoms with Crippen LogP contribution in [0.1, 0.15) is 70.8 Å². The highest BCUT2D eigenvalue weighted by Crippen LogP contribution is 2.28. The van der Waals surface area contributed by atoms with Gasteiger partial charge in [-0.25, -0.2) is 4.79 Å². The van der Waals surface area contributed by atoms with E-state index in [2.05, 4.69) is 29.2 Å². The van der Waals surface area contributed by atoms with Gasteiger partial charge < -0.3 is 34.1 Å². The van der Waals surface area contributed by atoms with E-state index in [-0.39, 0.29) is 13.2 Å². The Morgan fingerprint density at radius 3 is 2.49 bits per heavy atom. The van der Waals surface area contributed by atoms with Crippen LogP contribution in [0, 0.1) is 0 Å². The van der Waals surface area contributed by atoms with E-state index >= 15 is 0 Å². The summed E-state index contributed by atoms with van der Waals surface area (Å²) >= 11 is 0. The fourth-order valence-corrected chi connectivity index (χ4v) is 4.11. The molecule has 0 radical (unpaired) electrons. The molecule has 39 heavy (non-hydrogen) atoms. The lowest BCUT2D eigenvalue weighted by Gasteiger charge is -2.42. The van der Waals surface area contributed by atoms with Gasteiger partial charge in [0.15, 0.2) is 6.29 Å². The van der Waals surface area contributed by atoms with Crippen molar-refractivity contribution in [3.8, 4) is 0 Å². The van der Waals surface area contributed by atoms with Gasteiger partial charge in [0.25, 0.3) is 0 Å². The minimum Gasteiger partial charge on any atom is -0.445 e. The van der Waals surface area contributed by atoms with Crippen LogP contribution in [0.15, 0.2) is 35.4 Å². The van der Waals surface area contributed by atoms with Crippen LogP contribution in [-0.2, 0) is 30.3 Å². The lowest BCUT2D eigenvalue weighted by Crippen LogP contribution is -2.59. The van der Waals surface area contributed by atoms with E-state index in [0.717, 1.165) is 56.9 Å². The van der Waals surface area contributed by atoms with Crippen LogP contribution in [0.5, 0.6) is 0 Å². The van der Waals surface area contributed by atoms with Crippen LogP contribution in [0.3, 0.4) is 0 Å². The second-order valence-electron chi connectivity index (χ2n) is 9.62. The summed E-state index contributed by atoms with van der Waals surface area (Å²) in [5.74, 6) is 0. The number of carbonyl (C=O) groups is 1. The summed E-state index contributed by atoms with van der Waals surface area (Å²) in [6.45, 7) is 6.55. The molecule has 0 aliphatic carbocycles. The molecule has 1 aromatic carbocycles. The van der Waals surface area contributed by atoms with Gasteiger partial charge in [0.2, 0.25) is 0 Å². The summed E-state index contributed by atoms with van der Waals surface area (Å²) in [5, 5.41) is 17.5. The van der Waals surface area contributed by atoms with Gasteiger partial charge in [0.1, 0.15) is 24.9 Å².